The molecule has 1 atom stereocenters. The SMILES string of the molecule is NC1C=NC(Cl)=NC1=S. The summed E-state index contributed by atoms with van der Waals surface area (Å²) in [4.78, 5) is 7.68. The Kier molecular flexibility index (Phi) is 1.90. The highest BCUT2D eigenvalue weighted by molar-refractivity contribution is 7.80. The van der Waals surface area contributed by atoms with Crippen molar-refractivity contribution in [3.8, 4) is 0 Å². The minimum atomic E-state index is -0.345. The van der Waals surface area contributed by atoms with Crippen molar-refractivity contribution in [1.29, 1.82) is 0 Å². The molecule has 1 aliphatic rings. The second kappa shape index (κ2) is 2.51. The average Bonchev–Trinajstić information content (AvgIpc) is 1.80. The molecule has 0 fully saturated rings. The normalized spacial score (nSPS) is 26.2. The molecule has 1 heterocycles. The molecule has 0 spiro atoms. The van der Waals surface area contributed by atoms with Crippen LogP contribution in [0.2, 0.25) is 0 Å². The van der Waals surface area contributed by atoms with Crippen molar-refractivity contribution < 1.29 is 0 Å². The standard InChI is InChI=1S/C4H4ClN3S/c5-4-7-1-2(6)3(9)8-4/h1-2H,6H2. The van der Waals surface area contributed by atoms with E-state index in [9.17, 15) is 0 Å². The maximum atomic E-state index is 5.39. The molecular weight excluding hydrogens is 158 g/mol. The average molecular weight is 162 g/mol. The van der Waals surface area contributed by atoms with Crippen molar-refractivity contribution >= 4 is 40.3 Å². The number of amidine groups is 1. The molecule has 1 rings (SSSR count). The number of hydrogen-bond acceptors (Lipinski definition) is 3. The van der Waals surface area contributed by atoms with Crippen molar-refractivity contribution in [3.05, 3.63) is 0 Å². The van der Waals surface area contributed by atoms with E-state index in [0.29, 0.717) is 4.99 Å². The summed E-state index contributed by atoms with van der Waals surface area (Å²) in [5.41, 5.74) is 5.38. The topological polar surface area (TPSA) is 50.7 Å². The summed E-state index contributed by atoms with van der Waals surface area (Å²) in [6.07, 6.45) is 1.47. The molecule has 9 heavy (non-hydrogen) atoms. The van der Waals surface area contributed by atoms with Crippen LogP contribution in [-0.2, 0) is 0 Å². The first-order valence-corrected chi connectivity index (χ1v) is 3.06. The van der Waals surface area contributed by atoms with Gasteiger partial charge in [0.25, 0.3) is 0 Å². The molecule has 1 unspecified atom stereocenters. The van der Waals surface area contributed by atoms with E-state index in [1.165, 1.54) is 6.21 Å². The highest BCUT2D eigenvalue weighted by Crippen LogP contribution is 1.98. The van der Waals surface area contributed by atoms with E-state index in [1.54, 1.807) is 0 Å². The third kappa shape index (κ3) is 1.54. The molecule has 0 amide bonds. The number of thiocarbonyl (C=S) groups is 1. The number of nitrogens with zero attached hydrogens (tertiary/aromatic N) is 2. The van der Waals surface area contributed by atoms with E-state index >= 15 is 0 Å². The third-order valence-corrected chi connectivity index (χ3v) is 1.37. The zero-order chi connectivity index (χ0) is 6.85. The van der Waals surface area contributed by atoms with Gasteiger partial charge < -0.3 is 5.73 Å². The monoisotopic (exact) mass is 161 g/mol. The largest absolute Gasteiger partial charge is 0.317 e. The third-order valence-electron chi connectivity index (χ3n) is 0.829. The van der Waals surface area contributed by atoms with Gasteiger partial charge in [-0.3, -0.25) is 0 Å². The molecule has 0 aliphatic carbocycles. The van der Waals surface area contributed by atoms with Crippen LogP contribution in [-0.4, -0.2) is 22.5 Å². The molecular formula is C4H4ClN3S. The Labute approximate surface area is 62.6 Å². The fourth-order valence-electron chi connectivity index (χ4n) is 0.400. The molecule has 0 aromatic heterocycles. The van der Waals surface area contributed by atoms with Crippen LogP contribution in [0.25, 0.3) is 0 Å². The summed E-state index contributed by atoms with van der Waals surface area (Å²) in [5, 5.41) is 0.154. The Morgan fingerprint density at radius 2 is 2.44 bits per heavy atom. The van der Waals surface area contributed by atoms with E-state index in [0.717, 1.165) is 0 Å². The van der Waals surface area contributed by atoms with E-state index in [-0.39, 0.29) is 11.3 Å². The van der Waals surface area contributed by atoms with Crippen molar-refractivity contribution in [2.75, 3.05) is 0 Å². The molecule has 48 valence electrons. The van der Waals surface area contributed by atoms with Crippen LogP contribution in [0.5, 0.6) is 0 Å². The lowest BCUT2D eigenvalue weighted by Gasteiger charge is -2.06. The summed E-state index contributed by atoms with van der Waals surface area (Å²) >= 11 is 10.1. The molecule has 0 radical (unpaired) electrons. The predicted molar refractivity (Wildman–Crippen MR) is 42.4 cm³/mol. The maximum Gasteiger partial charge on any atom is 0.223 e. The Morgan fingerprint density at radius 3 is 2.89 bits per heavy atom. The van der Waals surface area contributed by atoms with Crippen LogP contribution in [0.3, 0.4) is 0 Å². The number of aliphatic imine (C=N–C) groups is 2. The van der Waals surface area contributed by atoms with Crippen LogP contribution < -0.4 is 5.73 Å². The van der Waals surface area contributed by atoms with Crippen LogP contribution in [0, 0.1) is 0 Å². The molecule has 0 bridgehead atoms. The van der Waals surface area contributed by atoms with E-state index in [4.69, 9.17) is 29.6 Å². The first-order valence-electron chi connectivity index (χ1n) is 2.28. The van der Waals surface area contributed by atoms with Crippen molar-refractivity contribution in [2.24, 2.45) is 15.7 Å². The second-order valence-corrected chi connectivity index (χ2v) is 2.28. The number of hydrogen-bond donors (Lipinski definition) is 1. The van der Waals surface area contributed by atoms with Crippen LogP contribution >= 0.6 is 23.8 Å². The summed E-state index contributed by atoms with van der Waals surface area (Å²) < 4.78 is 0. The summed E-state index contributed by atoms with van der Waals surface area (Å²) in [6, 6.07) is -0.345. The van der Waals surface area contributed by atoms with E-state index in [2.05, 4.69) is 9.98 Å². The quantitative estimate of drug-likeness (QED) is 0.411. The second-order valence-electron chi connectivity index (χ2n) is 1.52. The lowest BCUT2D eigenvalue weighted by Crippen LogP contribution is -2.32. The fourth-order valence-corrected chi connectivity index (χ4v) is 0.745. The molecule has 1 aliphatic heterocycles. The van der Waals surface area contributed by atoms with Gasteiger partial charge >= 0.3 is 0 Å². The zero-order valence-corrected chi connectivity index (χ0v) is 5.99. The Hall–Kier alpha value is -0.320. The van der Waals surface area contributed by atoms with Gasteiger partial charge in [-0.05, 0) is 11.6 Å². The lowest BCUT2D eigenvalue weighted by molar-refractivity contribution is 1.15. The van der Waals surface area contributed by atoms with Gasteiger partial charge in [-0.15, -0.1) is 0 Å². The summed E-state index contributed by atoms with van der Waals surface area (Å²) in [5.74, 6) is 0. The lowest BCUT2D eigenvalue weighted by atomic mass is 10.3. The predicted octanol–water partition coefficient (Wildman–Crippen LogP) is 0.320. The minimum absolute atomic E-state index is 0.154. The Morgan fingerprint density at radius 1 is 1.78 bits per heavy atom. The highest BCUT2D eigenvalue weighted by atomic mass is 35.5. The van der Waals surface area contributed by atoms with E-state index in [1.807, 2.05) is 0 Å². The fraction of sp³-hybridized carbons (Fsp3) is 0.250. The van der Waals surface area contributed by atoms with Gasteiger partial charge in [0.2, 0.25) is 5.29 Å². The van der Waals surface area contributed by atoms with Crippen molar-refractivity contribution in [3.63, 3.8) is 0 Å². The molecule has 2 N–H and O–H groups in total. The van der Waals surface area contributed by atoms with Gasteiger partial charge in [0.05, 0.1) is 6.04 Å². The Bertz CT molecular complexity index is 198. The van der Waals surface area contributed by atoms with Crippen LogP contribution in [0.15, 0.2) is 9.98 Å². The van der Waals surface area contributed by atoms with Gasteiger partial charge in [-0.25, -0.2) is 9.98 Å². The molecule has 0 aromatic carbocycles. The van der Waals surface area contributed by atoms with Gasteiger partial charge in [-0.2, -0.15) is 0 Å². The van der Waals surface area contributed by atoms with E-state index < -0.39 is 0 Å². The van der Waals surface area contributed by atoms with Gasteiger partial charge in [0.15, 0.2) is 0 Å². The molecule has 0 aromatic rings. The maximum absolute atomic E-state index is 5.39. The van der Waals surface area contributed by atoms with Crippen molar-refractivity contribution in [2.45, 2.75) is 6.04 Å². The van der Waals surface area contributed by atoms with Gasteiger partial charge in [0.1, 0.15) is 4.99 Å². The molecule has 3 nitrogen and oxygen atoms in total. The van der Waals surface area contributed by atoms with Gasteiger partial charge in [-0.1, -0.05) is 12.2 Å². The van der Waals surface area contributed by atoms with Crippen molar-refractivity contribution in [1.82, 2.24) is 0 Å². The number of rotatable bonds is 0. The Balaban J connectivity index is 2.82. The number of nitrogens with two attached hydrogens (primary N) is 1. The molecule has 0 saturated carbocycles. The summed E-state index contributed by atoms with van der Waals surface area (Å²) in [7, 11) is 0. The molecule has 0 saturated heterocycles. The first-order chi connectivity index (χ1) is 4.20. The van der Waals surface area contributed by atoms with Crippen LogP contribution in [0.1, 0.15) is 0 Å². The highest BCUT2D eigenvalue weighted by Gasteiger charge is 2.09. The summed E-state index contributed by atoms with van der Waals surface area (Å²) in [6.45, 7) is 0. The zero-order valence-electron chi connectivity index (χ0n) is 4.41. The van der Waals surface area contributed by atoms with Crippen LogP contribution in [0.4, 0.5) is 0 Å². The minimum Gasteiger partial charge on any atom is -0.317 e. The molecule has 5 heteroatoms. The first kappa shape index (κ1) is 6.80. The van der Waals surface area contributed by atoms with Gasteiger partial charge in [0, 0.05) is 6.21 Å². The smallest absolute Gasteiger partial charge is 0.223 e. The number of halogens is 1.